The molecule has 0 amide bonds. The molecule has 1 heterocycles. The summed E-state index contributed by atoms with van der Waals surface area (Å²) in [5, 5.41) is 0. The van der Waals surface area contributed by atoms with Crippen molar-refractivity contribution in [2.45, 2.75) is 46.1 Å². The fraction of sp³-hybridized carbons (Fsp3) is 0.500. The number of amidine groups is 1. The van der Waals surface area contributed by atoms with Crippen LogP contribution in [0.5, 0.6) is 0 Å². The van der Waals surface area contributed by atoms with Crippen molar-refractivity contribution in [1.82, 2.24) is 4.90 Å². The highest BCUT2D eigenvalue weighted by atomic mass is 16.1. The number of aryl methyl sites for hydroxylation is 1. The monoisotopic (exact) mass is 258 g/mol. The maximum atomic E-state index is 11.6. The second-order valence-electron chi connectivity index (χ2n) is 5.11. The van der Waals surface area contributed by atoms with E-state index in [1.807, 2.05) is 6.07 Å². The third-order valence-electron chi connectivity index (χ3n) is 3.49. The topological polar surface area (TPSA) is 32.7 Å². The predicted octanol–water partition coefficient (Wildman–Crippen LogP) is 3.79. The Hall–Kier alpha value is -1.64. The van der Waals surface area contributed by atoms with Crippen molar-refractivity contribution in [3.63, 3.8) is 0 Å². The Labute approximate surface area is 115 Å². The molecule has 0 saturated heterocycles. The van der Waals surface area contributed by atoms with Crippen LogP contribution in [0.15, 0.2) is 23.2 Å². The van der Waals surface area contributed by atoms with Crippen LogP contribution in [0.4, 0.5) is 5.69 Å². The third-order valence-corrected chi connectivity index (χ3v) is 3.49. The van der Waals surface area contributed by atoms with Gasteiger partial charge in [-0.1, -0.05) is 31.5 Å². The van der Waals surface area contributed by atoms with E-state index in [1.54, 1.807) is 0 Å². The molecule has 0 bridgehead atoms. The van der Waals surface area contributed by atoms with Crippen LogP contribution in [0.3, 0.4) is 0 Å². The number of hydrogen-bond acceptors (Lipinski definition) is 3. The van der Waals surface area contributed by atoms with Gasteiger partial charge in [0.2, 0.25) is 0 Å². The minimum absolute atomic E-state index is 0.172. The summed E-state index contributed by atoms with van der Waals surface area (Å²) in [6.45, 7) is 7.22. The Morgan fingerprint density at radius 2 is 2.11 bits per heavy atom. The number of hydrogen-bond donors (Lipinski definition) is 0. The number of aldehydes is 1. The number of rotatable bonds is 5. The van der Waals surface area contributed by atoms with Crippen molar-refractivity contribution >= 4 is 17.8 Å². The van der Waals surface area contributed by atoms with Crippen molar-refractivity contribution in [1.29, 1.82) is 0 Å². The highest BCUT2D eigenvalue weighted by molar-refractivity contribution is 5.91. The average Bonchev–Trinajstić information content (AvgIpc) is 2.40. The molecule has 1 aliphatic rings. The van der Waals surface area contributed by atoms with Crippen LogP contribution < -0.4 is 0 Å². The lowest BCUT2D eigenvalue weighted by atomic mass is 9.98. The second-order valence-corrected chi connectivity index (χ2v) is 5.11. The minimum Gasteiger partial charge on any atom is -0.346 e. The maximum absolute atomic E-state index is 11.6. The van der Waals surface area contributed by atoms with Gasteiger partial charge >= 0.3 is 0 Å². The Bertz CT molecular complexity index is 494. The zero-order chi connectivity index (χ0) is 13.8. The highest BCUT2D eigenvalue weighted by Crippen LogP contribution is 2.35. The van der Waals surface area contributed by atoms with E-state index in [-0.39, 0.29) is 6.04 Å². The SMILES string of the molecule is CCCC1=Nc2ccc(C)cc2C(C=O)N1CCC. The number of benzene rings is 1. The van der Waals surface area contributed by atoms with Gasteiger partial charge < -0.3 is 9.69 Å². The Kier molecular flexibility index (Phi) is 4.35. The van der Waals surface area contributed by atoms with Gasteiger partial charge in [-0.25, -0.2) is 4.99 Å². The standard InChI is InChI=1S/C16H22N2O/c1-4-6-16-17-14-8-7-12(3)10-13(14)15(11-19)18(16)9-5-2/h7-8,10-11,15H,4-6,9H2,1-3H3. The molecule has 0 fully saturated rings. The predicted molar refractivity (Wildman–Crippen MR) is 79.0 cm³/mol. The summed E-state index contributed by atoms with van der Waals surface area (Å²) in [6, 6.07) is 6.00. The van der Waals surface area contributed by atoms with Crippen LogP contribution >= 0.6 is 0 Å². The Morgan fingerprint density at radius 1 is 1.32 bits per heavy atom. The van der Waals surface area contributed by atoms with Crippen LogP contribution in [0, 0.1) is 6.92 Å². The van der Waals surface area contributed by atoms with Gasteiger partial charge in [0.15, 0.2) is 0 Å². The van der Waals surface area contributed by atoms with Crippen molar-refractivity contribution < 1.29 is 4.79 Å². The molecule has 0 spiro atoms. The van der Waals surface area contributed by atoms with Gasteiger partial charge in [0.1, 0.15) is 18.2 Å². The molecule has 19 heavy (non-hydrogen) atoms. The van der Waals surface area contributed by atoms with Crippen LogP contribution in [0.1, 0.15) is 50.3 Å². The summed E-state index contributed by atoms with van der Waals surface area (Å²) >= 11 is 0. The minimum atomic E-state index is -0.172. The molecule has 3 nitrogen and oxygen atoms in total. The lowest BCUT2D eigenvalue weighted by molar-refractivity contribution is -0.111. The van der Waals surface area contributed by atoms with Gasteiger partial charge in [-0.2, -0.15) is 0 Å². The van der Waals surface area contributed by atoms with E-state index in [0.29, 0.717) is 0 Å². The van der Waals surface area contributed by atoms with Crippen molar-refractivity contribution in [3.05, 3.63) is 29.3 Å². The molecule has 0 saturated carbocycles. The highest BCUT2D eigenvalue weighted by Gasteiger charge is 2.28. The zero-order valence-corrected chi connectivity index (χ0v) is 12.0. The summed E-state index contributed by atoms with van der Waals surface area (Å²) in [7, 11) is 0. The van der Waals surface area contributed by atoms with Gasteiger partial charge in [-0.05, 0) is 25.8 Å². The molecule has 3 heteroatoms. The lowest BCUT2D eigenvalue weighted by Gasteiger charge is -2.35. The zero-order valence-electron chi connectivity index (χ0n) is 12.0. The fourth-order valence-corrected chi connectivity index (χ4v) is 2.62. The quantitative estimate of drug-likeness (QED) is 0.753. The largest absolute Gasteiger partial charge is 0.346 e. The molecule has 2 rings (SSSR count). The number of carbonyl (C=O) groups excluding carboxylic acids is 1. The summed E-state index contributed by atoms with van der Waals surface area (Å²) in [5.41, 5.74) is 3.18. The van der Waals surface area contributed by atoms with Crippen LogP contribution in [-0.4, -0.2) is 23.6 Å². The van der Waals surface area contributed by atoms with Gasteiger partial charge in [0, 0.05) is 18.5 Å². The number of nitrogens with zero attached hydrogens (tertiary/aromatic N) is 2. The molecule has 1 aliphatic heterocycles. The van der Waals surface area contributed by atoms with Crippen LogP contribution in [-0.2, 0) is 4.79 Å². The summed E-state index contributed by atoms with van der Waals surface area (Å²) < 4.78 is 0. The smallest absolute Gasteiger partial charge is 0.147 e. The van der Waals surface area contributed by atoms with E-state index in [4.69, 9.17) is 4.99 Å². The molecule has 0 aromatic heterocycles. The molecule has 0 N–H and O–H groups in total. The number of carbonyl (C=O) groups is 1. The van der Waals surface area contributed by atoms with E-state index in [1.165, 1.54) is 5.56 Å². The Morgan fingerprint density at radius 3 is 2.74 bits per heavy atom. The molecule has 1 atom stereocenters. The molecule has 0 aliphatic carbocycles. The lowest BCUT2D eigenvalue weighted by Crippen LogP contribution is -2.38. The molecule has 1 unspecified atom stereocenters. The maximum Gasteiger partial charge on any atom is 0.147 e. The van der Waals surface area contributed by atoms with Crippen LogP contribution in [0.2, 0.25) is 0 Å². The van der Waals surface area contributed by atoms with Crippen molar-refractivity contribution in [2.24, 2.45) is 4.99 Å². The van der Waals surface area contributed by atoms with E-state index < -0.39 is 0 Å². The third kappa shape index (κ3) is 2.70. The van der Waals surface area contributed by atoms with Gasteiger partial charge in [-0.15, -0.1) is 0 Å². The Balaban J connectivity index is 2.49. The van der Waals surface area contributed by atoms with E-state index in [0.717, 1.165) is 49.2 Å². The molecule has 1 aromatic carbocycles. The van der Waals surface area contributed by atoms with Crippen LogP contribution in [0.25, 0.3) is 0 Å². The number of aliphatic imine (C=N–C) groups is 1. The van der Waals surface area contributed by atoms with Crippen molar-refractivity contribution in [2.75, 3.05) is 6.54 Å². The first-order valence-corrected chi connectivity index (χ1v) is 7.11. The average molecular weight is 258 g/mol. The van der Waals surface area contributed by atoms with E-state index in [9.17, 15) is 4.79 Å². The van der Waals surface area contributed by atoms with Gasteiger partial charge in [-0.3, -0.25) is 0 Å². The van der Waals surface area contributed by atoms with Gasteiger partial charge in [0.25, 0.3) is 0 Å². The molecular weight excluding hydrogens is 236 g/mol. The number of fused-ring (bicyclic) bond motifs is 1. The molecule has 0 radical (unpaired) electrons. The summed E-state index contributed by atoms with van der Waals surface area (Å²) in [4.78, 5) is 18.5. The summed E-state index contributed by atoms with van der Waals surface area (Å²) in [5.74, 6) is 1.05. The first kappa shape index (κ1) is 13.8. The summed E-state index contributed by atoms with van der Waals surface area (Å²) in [6.07, 6.45) is 4.05. The first-order valence-electron chi connectivity index (χ1n) is 7.11. The molecule has 102 valence electrons. The first-order chi connectivity index (χ1) is 9.21. The van der Waals surface area contributed by atoms with E-state index >= 15 is 0 Å². The molecule has 1 aromatic rings. The fourth-order valence-electron chi connectivity index (χ4n) is 2.62. The normalized spacial score (nSPS) is 17.9. The van der Waals surface area contributed by atoms with E-state index in [2.05, 4.69) is 37.8 Å². The second kappa shape index (κ2) is 6.00. The van der Waals surface area contributed by atoms with Gasteiger partial charge in [0.05, 0.1) is 5.69 Å². The molecular formula is C16H22N2O. The van der Waals surface area contributed by atoms with Crippen molar-refractivity contribution in [3.8, 4) is 0 Å².